The number of hydrogen-bond donors (Lipinski definition) is 1. The van der Waals surface area contributed by atoms with Gasteiger partial charge in [-0.1, -0.05) is 6.42 Å². The second-order valence-electron chi connectivity index (χ2n) is 6.29. The highest BCUT2D eigenvalue weighted by atomic mass is 16.6. The van der Waals surface area contributed by atoms with E-state index in [9.17, 15) is 4.79 Å². The third-order valence-electron chi connectivity index (χ3n) is 3.91. The summed E-state index contributed by atoms with van der Waals surface area (Å²) in [5.41, 5.74) is 5.42. The van der Waals surface area contributed by atoms with E-state index in [0.29, 0.717) is 24.4 Å². The van der Waals surface area contributed by atoms with Gasteiger partial charge < -0.3 is 15.4 Å². The van der Waals surface area contributed by atoms with Gasteiger partial charge in [0, 0.05) is 12.6 Å². The molecule has 98 valence electrons. The quantitative estimate of drug-likeness (QED) is 0.762. The van der Waals surface area contributed by atoms with Crippen molar-refractivity contribution < 1.29 is 9.53 Å². The molecule has 1 saturated carbocycles. The highest BCUT2D eigenvalue weighted by Crippen LogP contribution is 2.40. The van der Waals surface area contributed by atoms with Crippen molar-refractivity contribution in [3.8, 4) is 0 Å². The predicted molar refractivity (Wildman–Crippen MR) is 66.6 cm³/mol. The van der Waals surface area contributed by atoms with Crippen LogP contribution in [0.25, 0.3) is 0 Å². The van der Waals surface area contributed by atoms with Gasteiger partial charge in [-0.25, -0.2) is 4.79 Å². The fraction of sp³-hybridized carbons (Fsp3) is 0.923. The number of likely N-dealkylation sites (tertiary alicyclic amines) is 1. The summed E-state index contributed by atoms with van der Waals surface area (Å²) in [6.45, 7) is 7.25. The molecule has 1 saturated heterocycles. The maximum absolute atomic E-state index is 12.1. The fourth-order valence-electron chi connectivity index (χ4n) is 3.21. The Bertz CT molecular complexity index is 298. The minimum absolute atomic E-state index is 0.162. The first kappa shape index (κ1) is 12.7. The zero-order chi connectivity index (χ0) is 12.6. The Morgan fingerprint density at radius 2 is 2.12 bits per heavy atom. The molecule has 3 unspecified atom stereocenters. The largest absolute Gasteiger partial charge is 0.444 e. The number of nitrogens with zero attached hydrogens (tertiary/aromatic N) is 1. The van der Waals surface area contributed by atoms with E-state index in [1.165, 1.54) is 12.8 Å². The van der Waals surface area contributed by atoms with Gasteiger partial charge >= 0.3 is 6.09 Å². The number of amides is 1. The third-order valence-corrected chi connectivity index (χ3v) is 3.91. The van der Waals surface area contributed by atoms with Gasteiger partial charge in [-0.15, -0.1) is 0 Å². The lowest BCUT2D eigenvalue weighted by Crippen LogP contribution is -2.42. The summed E-state index contributed by atoms with van der Waals surface area (Å²) in [5, 5.41) is 0. The lowest BCUT2D eigenvalue weighted by Gasteiger charge is -2.32. The number of carbonyl (C=O) groups is 1. The molecule has 0 spiro atoms. The van der Waals surface area contributed by atoms with E-state index >= 15 is 0 Å². The minimum Gasteiger partial charge on any atom is -0.444 e. The highest BCUT2D eigenvalue weighted by molar-refractivity contribution is 5.69. The van der Waals surface area contributed by atoms with Gasteiger partial charge in [0.05, 0.1) is 0 Å². The van der Waals surface area contributed by atoms with Gasteiger partial charge in [-0.2, -0.15) is 0 Å². The van der Waals surface area contributed by atoms with Crippen LogP contribution in [0.3, 0.4) is 0 Å². The molecule has 0 aromatic rings. The van der Waals surface area contributed by atoms with Crippen molar-refractivity contribution in [3.63, 3.8) is 0 Å². The molecule has 1 aliphatic heterocycles. The van der Waals surface area contributed by atoms with E-state index in [1.54, 1.807) is 0 Å². The summed E-state index contributed by atoms with van der Waals surface area (Å²) in [6, 6.07) is 0.314. The number of carbonyl (C=O) groups excluding carboxylic acids is 1. The monoisotopic (exact) mass is 240 g/mol. The van der Waals surface area contributed by atoms with E-state index in [0.717, 1.165) is 13.0 Å². The van der Waals surface area contributed by atoms with Gasteiger partial charge in [-0.3, -0.25) is 0 Å². The zero-order valence-electron chi connectivity index (χ0n) is 11.1. The Morgan fingerprint density at radius 3 is 2.65 bits per heavy atom. The average Bonchev–Trinajstić information content (AvgIpc) is 2.41. The van der Waals surface area contributed by atoms with Gasteiger partial charge in [0.15, 0.2) is 0 Å². The maximum Gasteiger partial charge on any atom is 0.410 e. The topological polar surface area (TPSA) is 55.6 Å². The SMILES string of the molecule is CC(C)(C)OC(=O)N1CC2CCCC1C2CN. The van der Waals surface area contributed by atoms with E-state index in [2.05, 4.69) is 0 Å². The van der Waals surface area contributed by atoms with Gasteiger partial charge in [0.1, 0.15) is 5.60 Å². The van der Waals surface area contributed by atoms with Crippen LogP contribution in [-0.2, 0) is 4.74 Å². The Hall–Kier alpha value is -0.770. The molecule has 3 atom stereocenters. The second kappa shape index (κ2) is 4.48. The molecular weight excluding hydrogens is 216 g/mol. The third kappa shape index (κ3) is 2.57. The summed E-state index contributed by atoms with van der Waals surface area (Å²) < 4.78 is 5.47. The Labute approximate surface area is 103 Å². The lowest BCUT2D eigenvalue weighted by molar-refractivity contribution is 0.0204. The van der Waals surface area contributed by atoms with Crippen LogP contribution in [0, 0.1) is 11.8 Å². The normalized spacial score (nSPS) is 32.7. The lowest BCUT2D eigenvalue weighted by atomic mass is 9.80. The van der Waals surface area contributed by atoms with Gasteiger partial charge in [-0.05, 0) is 52.0 Å². The molecule has 17 heavy (non-hydrogen) atoms. The van der Waals surface area contributed by atoms with Crippen LogP contribution in [0.15, 0.2) is 0 Å². The molecule has 2 N–H and O–H groups in total. The van der Waals surface area contributed by atoms with Crippen molar-refractivity contribution >= 4 is 6.09 Å². The van der Waals surface area contributed by atoms with Crippen molar-refractivity contribution in [3.05, 3.63) is 0 Å². The first-order valence-corrected chi connectivity index (χ1v) is 6.62. The second-order valence-corrected chi connectivity index (χ2v) is 6.29. The smallest absolute Gasteiger partial charge is 0.410 e. The highest BCUT2D eigenvalue weighted by Gasteiger charge is 2.46. The number of nitrogens with two attached hydrogens (primary N) is 1. The van der Waals surface area contributed by atoms with E-state index in [4.69, 9.17) is 10.5 Å². The molecule has 0 radical (unpaired) electrons. The van der Waals surface area contributed by atoms with Gasteiger partial charge in [0.2, 0.25) is 0 Å². The van der Waals surface area contributed by atoms with E-state index in [-0.39, 0.29) is 6.09 Å². The predicted octanol–water partition coefficient (Wildman–Crippen LogP) is 1.98. The van der Waals surface area contributed by atoms with Crippen molar-refractivity contribution in [1.29, 1.82) is 0 Å². The van der Waals surface area contributed by atoms with Crippen LogP contribution in [-0.4, -0.2) is 35.7 Å². The zero-order valence-corrected chi connectivity index (χ0v) is 11.1. The van der Waals surface area contributed by atoms with Crippen molar-refractivity contribution in [2.24, 2.45) is 17.6 Å². The Balaban J connectivity index is 2.05. The van der Waals surface area contributed by atoms with E-state index < -0.39 is 5.60 Å². The summed E-state index contributed by atoms with van der Waals surface area (Å²) in [5.74, 6) is 1.07. The molecule has 4 heteroatoms. The standard InChI is InChI=1S/C13H24N2O2/c1-13(2,3)17-12(16)15-8-9-5-4-6-11(15)10(9)7-14/h9-11H,4-8,14H2,1-3H3. The molecule has 2 rings (SSSR count). The summed E-state index contributed by atoms with van der Waals surface area (Å²) in [7, 11) is 0. The van der Waals surface area contributed by atoms with Crippen LogP contribution in [0.5, 0.6) is 0 Å². The van der Waals surface area contributed by atoms with Crippen molar-refractivity contribution in [1.82, 2.24) is 4.90 Å². The Kier molecular flexibility index (Phi) is 3.34. The minimum atomic E-state index is -0.411. The Morgan fingerprint density at radius 1 is 1.41 bits per heavy atom. The molecule has 2 aliphatic rings. The van der Waals surface area contributed by atoms with Crippen molar-refractivity contribution in [2.45, 2.75) is 51.7 Å². The van der Waals surface area contributed by atoms with Crippen LogP contribution in [0.2, 0.25) is 0 Å². The number of hydrogen-bond acceptors (Lipinski definition) is 3. The molecule has 1 heterocycles. The van der Waals surface area contributed by atoms with Crippen molar-refractivity contribution in [2.75, 3.05) is 13.1 Å². The molecule has 1 aliphatic carbocycles. The van der Waals surface area contributed by atoms with Gasteiger partial charge in [0.25, 0.3) is 0 Å². The first-order valence-electron chi connectivity index (χ1n) is 6.62. The molecule has 4 nitrogen and oxygen atoms in total. The van der Waals surface area contributed by atoms with Crippen LogP contribution in [0.4, 0.5) is 4.79 Å². The molecule has 2 bridgehead atoms. The summed E-state index contributed by atoms with van der Waals surface area (Å²) >= 11 is 0. The summed E-state index contributed by atoms with van der Waals surface area (Å²) in [4.78, 5) is 14.0. The van der Waals surface area contributed by atoms with E-state index in [1.807, 2.05) is 25.7 Å². The molecule has 2 fully saturated rings. The molecule has 1 amide bonds. The molecule has 0 aromatic heterocycles. The van der Waals surface area contributed by atoms with Crippen LogP contribution < -0.4 is 5.73 Å². The van der Waals surface area contributed by atoms with Crippen LogP contribution >= 0.6 is 0 Å². The molecule has 0 aromatic carbocycles. The fourth-order valence-corrected chi connectivity index (χ4v) is 3.21. The number of ether oxygens (including phenoxy) is 1. The number of fused-ring (bicyclic) bond motifs is 2. The first-order chi connectivity index (χ1) is 7.92. The molecular formula is C13H24N2O2. The summed E-state index contributed by atoms with van der Waals surface area (Å²) in [6.07, 6.45) is 3.34. The van der Waals surface area contributed by atoms with Crippen LogP contribution in [0.1, 0.15) is 40.0 Å². The average molecular weight is 240 g/mol. The number of rotatable bonds is 1. The maximum atomic E-state index is 12.1.